The third-order valence-corrected chi connectivity index (χ3v) is 3.42. The Morgan fingerprint density at radius 2 is 2.00 bits per heavy atom. The predicted octanol–water partition coefficient (Wildman–Crippen LogP) is 0.646. The summed E-state index contributed by atoms with van der Waals surface area (Å²) in [5.41, 5.74) is 0.556. The second kappa shape index (κ2) is 6.52. The van der Waals surface area contributed by atoms with E-state index in [2.05, 4.69) is 5.32 Å². The van der Waals surface area contributed by atoms with Gasteiger partial charge in [-0.1, -0.05) is 18.2 Å². The van der Waals surface area contributed by atoms with Crippen molar-refractivity contribution < 1.29 is 14.7 Å². The third kappa shape index (κ3) is 4.06. The third-order valence-electron chi connectivity index (χ3n) is 3.42. The molecule has 1 fully saturated rings. The summed E-state index contributed by atoms with van der Waals surface area (Å²) in [7, 11) is 1.59. The molecule has 2 amide bonds. The number of hydrogen-bond acceptors (Lipinski definition) is 3. The van der Waals surface area contributed by atoms with Gasteiger partial charge in [-0.15, -0.1) is 0 Å². The van der Waals surface area contributed by atoms with Gasteiger partial charge in [0.05, 0.1) is 12.6 Å². The first-order chi connectivity index (χ1) is 9.58. The van der Waals surface area contributed by atoms with E-state index in [4.69, 9.17) is 0 Å². The lowest BCUT2D eigenvalue weighted by molar-refractivity contribution is -0.122. The number of carbonyl (C=O) groups is 2. The number of nitrogens with one attached hydrogen (secondary N) is 1. The molecule has 2 N–H and O–H groups in total. The van der Waals surface area contributed by atoms with E-state index in [-0.39, 0.29) is 24.9 Å². The average Bonchev–Trinajstić information content (AvgIpc) is 3.29. The van der Waals surface area contributed by atoms with Crippen LogP contribution in [0.5, 0.6) is 0 Å². The fourth-order valence-electron chi connectivity index (χ4n) is 2.01. The van der Waals surface area contributed by atoms with Crippen LogP contribution in [-0.4, -0.2) is 48.1 Å². The van der Waals surface area contributed by atoms with Gasteiger partial charge in [-0.05, 0) is 30.9 Å². The number of aliphatic hydroxyl groups excluding tert-OH is 1. The molecule has 0 aliphatic heterocycles. The van der Waals surface area contributed by atoms with E-state index in [1.165, 1.54) is 4.90 Å². The molecule has 108 valence electrons. The number of rotatable bonds is 6. The predicted molar refractivity (Wildman–Crippen MR) is 75.1 cm³/mol. The second-order valence-corrected chi connectivity index (χ2v) is 5.24. The Morgan fingerprint density at radius 1 is 1.35 bits per heavy atom. The van der Waals surface area contributed by atoms with Gasteiger partial charge in [0.2, 0.25) is 5.91 Å². The van der Waals surface area contributed by atoms with Gasteiger partial charge >= 0.3 is 0 Å². The first-order valence-corrected chi connectivity index (χ1v) is 6.83. The van der Waals surface area contributed by atoms with Crippen molar-refractivity contribution in [2.45, 2.75) is 18.9 Å². The molecule has 0 aromatic heterocycles. The van der Waals surface area contributed by atoms with Gasteiger partial charge in [0.25, 0.3) is 5.91 Å². The van der Waals surface area contributed by atoms with Crippen molar-refractivity contribution >= 4 is 11.8 Å². The summed E-state index contributed by atoms with van der Waals surface area (Å²) in [4.78, 5) is 25.1. The van der Waals surface area contributed by atoms with E-state index >= 15 is 0 Å². The zero-order valence-corrected chi connectivity index (χ0v) is 11.6. The van der Waals surface area contributed by atoms with Crippen molar-refractivity contribution in [3.8, 4) is 0 Å². The van der Waals surface area contributed by atoms with Crippen molar-refractivity contribution in [2.75, 3.05) is 20.1 Å². The summed E-state index contributed by atoms with van der Waals surface area (Å²) in [5, 5.41) is 12.3. The van der Waals surface area contributed by atoms with Gasteiger partial charge in [0.15, 0.2) is 0 Å². The van der Waals surface area contributed by atoms with Crippen molar-refractivity contribution in [2.24, 2.45) is 5.92 Å². The van der Waals surface area contributed by atoms with Gasteiger partial charge in [0.1, 0.15) is 0 Å². The summed E-state index contributed by atoms with van der Waals surface area (Å²) >= 11 is 0. The molecular formula is C15H20N2O3. The van der Waals surface area contributed by atoms with Crippen molar-refractivity contribution in [3.63, 3.8) is 0 Å². The summed E-state index contributed by atoms with van der Waals surface area (Å²) in [6.45, 7) is 0.252. The van der Waals surface area contributed by atoms with E-state index < -0.39 is 6.10 Å². The summed E-state index contributed by atoms with van der Waals surface area (Å²) in [5.74, 6) is -0.112. The van der Waals surface area contributed by atoms with Crippen LogP contribution in [0.3, 0.4) is 0 Å². The second-order valence-electron chi connectivity index (χ2n) is 5.24. The fourth-order valence-corrected chi connectivity index (χ4v) is 2.01. The summed E-state index contributed by atoms with van der Waals surface area (Å²) in [6, 6.07) is 8.84. The number of carbonyl (C=O) groups excluding carboxylic acids is 2. The maximum Gasteiger partial charge on any atom is 0.254 e. The number of benzene rings is 1. The van der Waals surface area contributed by atoms with Crippen LogP contribution in [-0.2, 0) is 4.79 Å². The van der Waals surface area contributed by atoms with Gasteiger partial charge in [-0.2, -0.15) is 0 Å². The molecule has 2 rings (SSSR count). The molecule has 1 aromatic carbocycles. The zero-order chi connectivity index (χ0) is 14.5. The molecular weight excluding hydrogens is 256 g/mol. The van der Waals surface area contributed by atoms with E-state index in [1.54, 1.807) is 31.3 Å². The highest BCUT2D eigenvalue weighted by atomic mass is 16.3. The molecule has 20 heavy (non-hydrogen) atoms. The minimum Gasteiger partial charge on any atom is -0.391 e. The van der Waals surface area contributed by atoms with Crippen LogP contribution in [0.25, 0.3) is 0 Å². The molecule has 1 aliphatic carbocycles. The number of likely N-dealkylation sites (N-methyl/N-ethyl adjacent to an activating group) is 1. The highest BCUT2D eigenvalue weighted by Gasteiger charge is 2.29. The van der Waals surface area contributed by atoms with Crippen LogP contribution >= 0.6 is 0 Å². The minimum absolute atomic E-state index is 0.00882. The Morgan fingerprint density at radius 3 is 2.60 bits per heavy atom. The van der Waals surface area contributed by atoms with Crippen LogP contribution in [0.15, 0.2) is 30.3 Å². The Bertz CT molecular complexity index is 471. The smallest absolute Gasteiger partial charge is 0.254 e. The van der Waals surface area contributed by atoms with E-state index in [0.717, 1.165) is 12.8 Å². The molecule has 0 radical (unpaired) electrons. The SMILES string of the molecule is CN(CC(=O)NCC(O)C1CC1)C(=O)c1ccccc1. The average molecular weight is 276 g/mol. The molecule has 5 heteroatoms. The molecule has 5 nitrogen and oxygen atoms in total. The molecule has 0 bridgehead atoms. The van der Waals surface area contributed by atoms with E-state index in [1.807, 2.05) is 6.07 Å². The first-order valence-electron chi connectivity index (χ1n) is 6.83. The topological polar surface area (TPSA) is 69.6 Å². The van der Waals surface area contributed by atoms with Gasteiger partial charge < -0.3 is 15.3 Å². The molecule has 0 heterocycles. The molecule has 1 saturated carbocycles. The Hall–Kier alpha value is -1.88. The fraction of sp³-hybridized carbons (Fsp3) is 0.467. The quantitative estimate of drug-likeness (QED) is 0.801. The number of aliphatic hydroxyl groups is 1. The summed E-state index contributed by atoms with van der Waals surface area (Å²) in [6.07, 6.45) is 1.60. The minimum atomic E-state index is -0.464. The zero-order valence-electron chi connectivity index (χ0n) is 11.6. The Balaban J connectivity index is 1.76. The maximum absolute atomic E-state index is 12.0. The van der Waals surface area contributed by atoms with Crippen molar-refractivity contribution in [1.29, 1.82) is 0 Å². The van der Waals surface area contributed by atoms with Crippen molar-refractivity contribution in [3.05, 3.63) is 35.9 Å². The molecule has 0 saturated heterocycles. The van der Waals surface area contributed by atoms with E-state index in [0.29, 0.717) is 11.5 Å². The van der Waals surface area contributed by atoms with Gasteiger partial charge in [-0.3, -0.25) is 9.59 Å². The molecule has 1 aromatic rings. The standard InChI is InChI=1S/C15H20N2O3/c1-17(15(20)12-5-3-2-4-6-12)10-14(19)16-9-13(18)11-7-8-11/h2-6,11,13,18H,7-10H2,1H3,(H,16,19). The van der Waals surface area contributed by atoms with Crippen molar-refractivity contribution in [1.82, 2.24) is 10.2 Å². The highest BCUT2D eigenvalue weighted by Crippen LogP contribution is 2.32. The lowest BCUT2D eigenvalue weighted by atomic mass is 10.2. The largest absolute Gasteiger partial charge is 0.391 e. The van der Waals surface area contributed by atoms with Crippen LogP contribution in [0.2, 0.25) is 0 Å². The lowest BCUT2D eigenvalue weighted by Gasteiger charge is -2.17. The number of hydrogen-bond donors (Lipinski definition) is 2. The Kier molecular flexibility index (Phi) is 4.74. The van der Waals surface area contributed by atoms with Gasteiger partial charge in [0, 0.05) is 19.2 Å². The number of amides is 2. The summed E-state index contributed by atoms with van der Waals surface area (Å²) < 4.78 is 0. The normalized spacial score (nSPS) is 15.5. The first kappa shape index (κ1) is 14.5. The Labute approximate surface area is 118 Å². The van der Waals surface area contributed by atoms with E-state index in [9.17, 15) is 14.7 Å². The molecule has 1 atom stereocenters. The van der Waals surface area contributed by atoms with Crippen LogP contribution in [0.4, 0.5) is 0 Å². The number of nitrogens with zero attached hydrogens (tertiary/aromatic N) is 1. The monoisotopic (exact) mass is 276 g/mol. The van der Waals surface area contributed by atoms with Crippen LogP contribution in [0.1, 0.15) is 23.2 Å². The van der Waals surface area contributed by atoms with Crippen LogP contribution in [0, 0.1) is 5.92 Å². The van der Waals surface area contributed by atoms with Gasteiger partial charge in [-0.25, -0.2) is 0 Å². The molecule has 1 aliphatic rings. The molecule has 0 spiro atoms. The maximum atomic E-state index is 12.0. The van der Waals surface area contributed by atoms with Crippen LogP contribution < -0.4 is 5.32 Å². The highest BCUT2D eigenvalue weighted by molar-refractivity contribution is 5.96. The lowest BCUT2D eigenvalue weighted by Crippen LogP contribution is -2.41. The molecule has 1 unspecified atom stereocenters.